The zero-order valence-electron chi connectivity index (χ0n) is 18.1. The van der Waals surface area contributed by atoms with Gasteiger partial charge in [0.25, 0.3) is 0 Å². The van der Waals surface area contributed by atoms with Crippen molar-refractivity contribution in [3.63, 3.8) is 0 Å². The van der Waals surface area contributed by atoms with Gasteiger partial charge in [-0.3, -0.25) is 0 Å². The molecule has 2 aliphatic rings. The lowest BCUT2D eigenvalue weighted by atomic mass is 9.97. The fraction of sp³-hybridized carbons (Fsp3) is 1.00. The molecule has 0 aromatic heterocycles. The molecule has 3 nitrogen and oxygen atoms in total. The van der Waals surface area contributed by atoms with Crippen LogP contribution in [-0.2, 0) is 4.74 Å². The van der Waals surface area contributed by atoms with Crippen molar-refractivity contribution >= 4 is 0 Å². The standard InChI is InChI=1S/C23H46N2O/c1-4-5-6-7-8-9-14-24-15-10-22(11-16-24)20-26-23-12-17-25(18-13-23)19-21(2)3/h21-23H,4-20H2,1-3H3. The third kappa shape index (κ3) is 9.19. The fourth-order valence-corrected chi connectivity index (χ4v) is 4.54. The molecule has 0 aromatic rings. The number of hydrogen-bond donors (Lipinski definition) is 0. The van der Waals surface area contributed by atoms with E-state index in [1.807, 2.05) is 0 Å². The Balaban J connectivity index is 1.46. The molecule has 0 saturated carbocycles. The van der Waals surface area contributed by atoms with Gasteiger partial charge in [-0.05, 0) is 63.6 Å². The van der Waals surface area contributed by atoms with Crippen LogP contribution in [-0.4, -0.2) is 61.8 Å². The molecule has 2 fully saturated rings. The van der Waals surface area contributed by atoms with Crippen LogP contribution in [0.4, 0.5) is 0 Å². The highest BCUT2D eigenvalue weighted by Gasteiger charge is 2.23. The first kappa shape index (κ1) is 22.2. The zero-order chi connectivity index (χ0) is 18.6. The van der Waals surface area contributed by atoms with Crippen LogP contribution >= 0.6 is 0 Å². The molecule has 0 amide bonds. The first-order valence-corrected chi connectivity index (χ1v) is 11.7. The van der Waals surface area contributed by atoms with Gasteiger partial charge in [0.1, 0.15) is 0 Å². The molecule has 0 unspecified atom stereocenters. The van der Waals surface area contributed by atoms with Crippen molar-refractivity contribution in [1.82, 2.24) is 9.80 Å². The topological polar surface area (TPSA) is 15.7 Å². The smallest absolute Gasteiger partial charge is 0.0599 e. The molecule has 3 heteroatoms. The minimum Gasteiger partial charge on any atom is -0.378 e. The van der Waals surface area contributed by atoms with Crippen molar-refractivity contribution in [3.05, 3.63) is 0 Å². The summed E-state index contributed by atoms with van der Waals surface area (Å²) < 4.78 is 6.30. The number of unbranched alkanes of at least 4 members (excludes halogenated alkanes) is 5. The highest BCUT2D eigenvalue weighted by Crippen LogP contribution is 2.21. The van der Waals surface area contributed by atoms with Gasteiger partial charge in [0.2, 0.25) is 0 Å². The van der Waals surface area contributed by atoms with Crippen molar-refractivity contribution < 1.29 is 4.74 Å². The second-order valence-corrected chi connectivity index (χ2v) is 9.28. The van der Waals surface area contributed by atoms with Crippen molar-refractivity contribution in [1.29, 1.82) is 0 Å². The fourth-order valence-electron chi connectivity index (χ4n) is 4.54. The van der Waals surface area contributed by atoms with Crippen LogP contribution in [0.1, 0.15) is 85.0 Å². The van der Waals surface area contributed by atoms with E-state index in [-0.39, 0.29) is 0 Å². The number of likely N-dealkylation sites (tertiary alicyclic amines) is 2. The molecule has 2 heterocycles. The molecule has 2 rings (SSSR count). The van der Waals surface area contributed by atoms with Gasteiger partial charge in [0, 0.05) is 26.2 Å². The number of piperidine rings is 2. The third-order valence-corrected chi connectivity index (χ3v) is 6.26. The second kappa shape index (κ2) is 13.1. The Kier molecular flexibility index (Phi) is 11.2. The Hall–Kier alpha value is -0.120. The second-order valence-electron chi connectivity index (χ2n) is 9.28. The van der Waals surface area contributed by atoms with E-state index in [1.54, 1.807) is 0 Å². The van der Waals surface area contributed by atoms with E-state index in [4.69, 9.17) is 4.74 Å². The lowest BCUT2D eigenvalue weighted by Crippen LogP contribution is -2.40. The quantitative estimate of drug-likeness (QED) is 0.442. The highest BCUT2D eigenvalue weighted by molar-refractivity contribution is 4.76. The summed E-state index contributed by atoms with van der Waals surface area (Å²) >= 11 is 0. The molecule has 0 N–H and O–H groups in total. The van der Waals surface area contributed by atoms with E-state index in [2.05, 4.69) is 30.6 Å². The minimum absolute atomic E-state index is 0.527. The molecule has 2 saturated heterocycles. The van der Waals surface area contributed by atoms with Crippen molar-refractivity contribution in [3.8, 4) is 0 Å². The van der Waals surface area contributed by atoms with Crippen LogP contribution in [0.15, 0.2) is 0 Å². The van der Waals surface area contributed by atoms with Gasteiger partial charge >= 0.3 is 0 Å². The van der Waals surface area contributed by atoms with Crippen LogP contribution in [0.3, 0.4) is 0 Å². The molecule has 0 radical (unpaired) electrons. The first-order chi connectivity index (χ1) is 12.7. The van der Waals surface area contributed by atoms with Gasteiger partial charge in [-0.15, -0.1) is 0 Å². The molecule has 2 aliphatic heterocycles. The van der Waals surface area contributed by atoms with Crippen molar-refractivity contribution in [2.24, 2.45) is 11.8 Å². The summed E-state index contributed by atoms with van der Waals surface area (Å²) in [6.45, 7) is 15.6. The molecule has 26 heavy (non-hydrogen) atoms. The Morgan fingerprint density at radius 2 is 1.42 bits per heavy atom. The predicted molar refractivity (Wildman–Crippen MR) is 113 cm³/mol. The highest BCUT2D eigenvalue weighted by atomic mass is 16.5. The Labute approximate surface area is 163 Å². The van der Waals surface area contributed by atoms with Crippen LogP contribution in [0.5, 0.6) is 0 Å². The largest absolute Gasteiger partial charge is 0.378 e. The van der Waals surface area contributed by atoms with E-state index in [0.717, 1.165) is 18.4 Å². The maximum atomic E-state index is 6.30. The summed E-state index contributed by atoms with van der Waals surface area (Å²) in [5, 5.41) is 0. The lowest BCUT2D eigenvalue weighted by molar-refractivity contribution is -0.0205. The van der Waals surface area contributed by atoms with E-state index < -0.39 is 0 Å². The molecule has 0 atom stereocenters. The molecule has 0 spiro atoms. The van der Waals surface area contributed by atoms with Gasteiger partial charge in [-0.2, -0.15) is 0 Å². The maximum Gasteiger partial charge on any atom is 0.0599 e. The van der Waals surface area contributed by atoms with Crippen LogP contribution < -0.4 is 0 Å². The van der Waals surface area contributed by atoms with Gasteiger partial charge in [0.05, 0.1) is 6.10 Å². The summed E-state index contributed by atoms with van der Waals surface area (Å²) in [6, 6.07) is 0. The molecule has 0 aromatic carbocycles. The third-order valence-electron chi connectivity index (χ3n) is 6.26. The van der Waals surface area contributed by atoms with E-state index in [1.165, 1.54) is 103 Å². The van der Waals surface area contributed by atoms with Crippen LogP contribution in [0.25, 0.3) is 0 Å². The van der Waals surface area contributed by atoms with Gasteiger partial charge in [0.15, 0.2) is 0 Å². The predicted octanol–water partition coefficient (Wildman–Crippen LogP) is 5.20. The summed E-state index contributed by atoms with van der Waals surface area (Å²) in [4.78, 5) is 5.31. The number of nitrogens with zero attached hydrogens (tertiary/aromatic N) is 2. The maximum absolute atomic E-state index is 6.30. The Morgan fingerprint density at radius 1 is 0.808 bits per heavy atom. The Bertz CT molecular complexity index is 331. The van der Waals surface area contributed by atoms with Crippen molar-refractivity contribution in [2.45, 2.75) is 91.1 Å². The Morgan fingerprint density at radius 3 is 2.08 bits per heavy atom. The lowest BCUT2D eigenvalue weighted by Gasteiger charge is -2.35. The minimum atomic E-state index is 0.527. The molecule has 0 bridgehead atoms. The molecular formula is C23H46N2O. The van der Waals surface area contributed by atoms with Gasteiger partial charge in [-0.1, -0.05) is 52.9 Å². The van der Waals surface area contributed by atoms with E-state index >= 15 is 0 Å². The SMILES string of the molecule is CCCCCCCCN1CCC(COC2CCN(CC(C)C)CC2)CC1. The summed E-state index contributed by atoms with van der Waals surface area (Å²) in [5.41, 5.74) is 0. The molecule has 154 valence electrons. The summed E-state index contributed by atoms with van der Waals surface area (Å²) in [7, 11) is 0. The van der Waals surface area contributed by atoms with Gasteiger partial charge in [-0.25, -0.2) is 0 Å². The van der Waals surface area contributed by atoms with Crippen LogP contribution in [0, 0.1) is 11.8 Å². The van der Waals surface area contributed by atoms with E-state index in [9.17, 15) is 0 Å². The number of rotatable bonds is 12. The average Bonchev–Trinajstić information content (AvgIpc) is 2.64. The normalized spacial score (nSPS) is 21.7. The average molecular weight is 367 g/mol. The van der Waals surface area contributed by atoms with Crippen molar-refractivity contribution in [2.75, 3.05) is 45.9 Å². The van der Waals surface area contributed by atoms with Crippen LogP contribution in [0.2, 0.25) is 0 Å². The zero-order valence-corrected chi connectivity index (χ0v) is 18.1. The number of hydrogen-bond acceptors (Lipinski definition) is 3. The first-order valence-electron chi connectivity index (χ1n) is 11.7. The summed E-state index contributed by atoms with van der Waals surface area (Å²) in [6.07, 6.45) is 14.2. The summed E-state index contributed by atoms with van der Waals surface area (Å²) in [5.74, 6) is 1.60. The molecular weight excluding hydrogens is 320 g/mol. The van der Waals surface area contributed by atoms with Gasteiger partial charge < -0.3 is 14.5 Å². The van der Waals surface area contributed by atoms with E-state index in [0.29, 0.717) is 6.10 Å². The number of ether oxygens (including phenoxy) is 1. The monoisotopic (exact) mass is 366 g/mol. The molecule has 0 aliphatic carbocycles.